The second kappa shape index (κ2) is 4.49. The molecule has 1 saturated carbocycles. The van der Waals surface area contributed by atoms with Crippen molar-refractivity contribution in [2.24, 2.45) is 11.8 Å². The number of amides is 1. The van der Waals surface area contributed by atoms with Gasteiger partial charge in [-0.25, -0.2) is 5.06 Å². The topological polar surface area (TPSA) is 29.5 Å². The molecule has 0 aliphatic heterocycles. The van der Waals surface area contributed by atoms with Gasteiger partial charge in [0.05, 0.1) is 7.11 Å². The number of hydrogen-bond donors (Lipinski definition) is 0. The van der Waals surface area contributed by atoms with Gasteiger partial charge in [-0.2, -0.15) is 0 Å². The maximum atomic E-state index is 12.1. The molecule has 3 rings (SSSR count). The summed E-state index contributed by atoms with van der Waals surface area (Å²) in [7, 11) is 3.21. The maximum Gasteiger partial charge on any atom is 0.249 e. The smallest absolute Gasteiger partial charge is 0.249 e. The monoisotopic (exact) mass is 257 g/mol. The Morgan fingerprint density at radius 1 is 1.37 bits per heavy atom. The van der Waals surface area contributed by atoms with Crippen molar-refractivity contribution in [3.05, 3.63) is 41.5 Å². The number of rotatable bonds is 3. The van der Waals surface area contributed by atoms with E-state index in [4.69, 9.17) is 4.84 Å². The molecule has 3 atom stereocenters. The van der Waals surface area contributed by atoms with Gasteiger partial charge in [0.1, 0.15) is 0 Å². The van der Waals surface area contributed by atoms with E-state index in [1.165, 1.54) is 28.9 Å². The van der Waals surface area contributed by atoms with E-state index < -0.39 is 0 Å². The highest BCUT2D eigenvalue weighted by Crippen LogP contribution is 2.53. The lowest BCUT2D eigenvalue weighted by atomic mass is 9.99. The third-order valence-corrected chi connectivity index (χ3v) is 4.28. The molecule has 0 bridgehead atoms. The molecular formula is C16H19NO2. The quantitative estimate of drug-likeness (QED) is 0.779. The third kappa shape index (κ3) is 1.98. The van der Waals surface area contributed by atoms with Gasteiger partial charge in [-0.3, -0.25) is 9.63 Å². The van der Waals surface area contributed by atoms with Crippen LogP contribution >= 0.6 is 0 Å². The number of benzene rings is 1. The van der Waals surface area contributed by atoms with Gasteiger partial charge >= 0.3 is 0 Å². The molecule has 0 N–H and O–H groups in total. The van der Waals surface area contributed by atoms with Gasteiger partial charge in [-0.05, 0) is 29.0 Å². The minimum atomic E-state index is 0.0884. The highest BCUT2D eigenvalue weighted by Gasteiger charge is 2.48. The molecule has 1 aromatic rings. The summed E-state index contributed by atoms with van der Waals surface area (Å²) in [6.07, 6.45) is 3.26. The van der Waals surface area contributed by atoms with E-state index in [1.807, 2.05) is 0 Å². The molecule has 1 fully saturated rings. The molecule has 3 nitrogen and oxygen atoms in total. The molecule has 0 spiro atoms. The van der Waals surface area contributed by atoms with Crippen LogP contribution in [0.3, 0.4) is 0 Å². The van der Waals surface area contributed by atoms with Gasteiger partial charge < -0.3 is 0 Å². The van der Waals surface area contributed by atoms with Crippen LogP contribution in [0.2, 0.25) is 0 Å². The van der Waals surface area contributed by atoms with Crippen molar-refractivity contribution < 1.29 is 9.63 Å². The summed E-state index contributed by atoms with van der Waals surface area (Å²) < 4.78 is 0. The van der Waals surface area contributed by atoms with Crippen molar-refractivity contribution in [3.63, 3.8) is 0 Å². The first-order valence-electron chi connectivity index (χ1n) is 6.76. The predicted octanol–water partition coefficient (Wildman–Crippen LogP) is 2.84. The van der Waals surface area contributed by atoms with E-state index >= 15 is 0 Å². The number of hydroxylamine groups is 2. The molecule has 1 unspecified atom stereocenters. The molecule has 0 heterocycles. The molecular weight excluding hydrogens is 238 g/mol. The Labute approximate surface area is 113 Å². The van der Waals surface area contributed by atoms with Crippen molar-refractivity contribution in [1.29, 1.82) is 0 Å². The Balaban J connectivity index is 1.80. The van der Waals surface area contributed by atoms with E-state index in [9.17, 15) is 4.79 Å². The van der Waals surface area contributed by atoms with Crippen molar-refractivity contribution in [1.82, 2.24) is 5.06 Å². The maximum absolute atomic E-state index is 12.1. The summed E-state index contributed by atoms with van der Waals surface area (Å²) in [6.45, 7) is 2.21. The number of carbonyl (C=O) groups excluding carboxylic acids is 1. The standard InChI is InChI=1S/C16H19NO2/c1-10-8-13(12-7-5-4-6-11(10)12)14-9-15(14)16(18)17(2)19-3/h4-8,10,14-15H,9H2,1-3H3/t10?,14-,15-/m1/s1. The van der Waals surface area contributed by atoms with E-state index in [0.29, 0.717) is 11.8 Å². The first-order chi connectivity index (χ1) is 9.13. The minimum Gasteiger partial charge on any atom is -0.275 e. The molecule has 1 aromatic carbocycles. The Morgan fingerprint density at radius 3 is 2.84 bits per heavy atom. The molecule has 0 radical (unpaired) electrons. The number of carbonyl (C=O) groups is 1. The average molecular weight is 257 g/mol. The SMILES string of the molecule is CON(C)C(=O)[C@@H]1C[C@@H]1C1=CC(C)c2ccccc21. The fourth-order valence-electron chi connectivity index (χ4n) is 3.06. The largest absolute Gasteiger partial charge is 0.275 e. The first-order valence-corrected chi connectivity index (χ1v) is 6.76. The molecule has 1 amide bonds. The fourth-order valence-corrected chi connectivity index (χ4v) is 3.06. The van der Waals surface area contributed by atoms with Crippen LogP contribution in [0.5, 0.6) is 0 Å². The van der Waals surface area contributed by atoms with Crippen molar-refractivity contribution in [2.75, 3.05) is 14.2 Å². The lowest BCUT2D eigenvalue weighted by Gasteiger charge is -2.13. The van der Waals surface area contributed by atoms with Gasteiger partial charge in [-0.1, -0.05) is 37.3 Å². The predicted molar refractivity (Wildman–Crippen MR) is 74.2 cm³/mol. The summed E-state index contributed by atoms with van der Waals surface area (Å²) >= 11 is 0. The van der Waals surface area contributed by atoms with Crippen molar-refractivity contribution in [2.45, 2.75) is 19.3 Å². The Morgan fingerprint density at radius 2 is 2.11 bits per heavy atom. The van der Waals surface area contributed by atoms with Crippen LogP contribution in [0, 0.1) is 11.8 Å². The van der Waals surface area contributed by atoms with Crippen LogP contribution in [-0.2, 0) is 9.63 Å². The van der Waals surface area contributed by atoms with Crippen LogP contribution in [0.15, 0.2) is 30.3 Å². The zero-order valence-corrected chi connectivity index (χ0v) is 11.6. The summed E-state index contributed by atoms with van der Waals surface area (Å²) in [5.41, 5.74) is 4.07. The highest BCUT2D eigenvalue weighted by atomic mass is 16.7. The van der Waals surface area contributed by atoms with Gasteiger partial charge in [0, 0.05) is 18.9 Å². The van der Waals surface area contributed by atoms with E-state index in [0.717, 1.165) is 6.42 Å². The van der Waals surface area contributed by atoms with Crippen molar-refractivity contribution >= 4 is 11.5 Å². The second-order valence-corrected chi connectivity index (χ2v) is 5.46. The van der Waals surface area contributed by atoms with Crippen LogP contribution < -0.4 is 0 Å². The number of allylic oxidation sites excluding steroid dienone is 2. The molecule has 0 aromatic heterocycles. The Kier molecular flexibility index (Phi) is 2.94. The minimum absolute atomic E-state index is 0.0884. The highest BCUT2D eigenvalue weighted by molar-refractivity contribution is 5.88. The van der Waals surface area contributed by atoms with Crippen LogP contribution in [-0.4, -0.2) is 25.1 Å². The van der Waals surface area contributed by atoms with Crippen LogP contribution in [0.25, 0.3) is 5.57 Å². The average Bonchev–Trinajstić information content (AvgIpc) is 3.16. The third-order valence-electron chi connectivity index (χ3n) is 4.28. The van der Waals surface area contributed by atoms with Crippen molar-refractivity contribution in [3.8, 4) is 0 Å². The van der Waals surface area contributed by atoms with Gasteiger partial charge in [0.25, 0.3) is 0 Å². The normalized spacial score (nSPS) is 27.7. The van der Waals surface area contributed by atoms with Gasteiger partial charge in [-0.15, -0.1) is 0 Å². The summed E-state index contributed by atoms with van der Waals surface area (Å²) in [5, 5.41) is 1.34. The molecule has 2 aliphatic rings. The van der Waals surface area contributed by atoms with Crippen LogP contribution in [0.4, 0.5) is 0 Å². The molecule has 2 aliphatic carbocycles. The Hall–Kier alpha value is -1.61. The molecule has 19 heavy (non-hydrogen) atoms. The van der Waals surface area contributed by atoms with Gasteiger partial charge in [0.15, 0.2) is 0 Å². The van der Waals surface area contributed by atoms with Gasteiger partial charge in [0.2, 0.25) is 5.91 Å². The Bertz CT molecular complexity index is 549. The second-order valence-electron chi connectivity index (χ2n) is 5.46. The summed E-state index contributed by atoms with van der Waals surface area (Å²) in [4.78, 5) is 17.0. The lowest BCUT2D eigenvalue weighted by molar-refractivity contribution is -0.170. The first kappa shape index (κ1) is 12.4. The van der Waals surface area contributed by atoms with E-state index in [-0.39, 0.29) is 11.8 Å². The van der Waals surface area contributed by atoms with E-state index in [2.05, 4.69) is 37.3 Å². The number of nitrogens with zero attached hydrogens (tertiary/aromatic N) is 1. The van der Waals surface area contributed by atoms with Crippen LogP contribution in [0.1, 0.15) is 30.4 Å². The summed E-state index contributed by atoms with van der Waals surface area (Å²) in [6, 6.07) is 8.51. The zero-order chi connectivity index (χ0) is 13.6. The number of fused-ring (bicyclic) bond motifs is 1. The summed E-state index contributed by atoms with van der Waals surface area (Å²) in [5.74, 6) is 1.01. The van der Waals surface area contributed by atoms with E-state index in [1.54, 1.807) is 7.05 Å². The molecule has 0 saturated heterocycles. The molecule has 100 valence electrons. The zero-order valence-electron chi connectivity index (χ0n) is 11.6. The lowest BCUT2D eigenvalue weighted by Crippen LogP contribution is -2.27. The fraction of sp³-hybridized carbons (Fsp3) is 0.438. The number of hydrogen-bond acceptors (Lipinski definition) is 2. The molecule has 3 heteroatoms.